The van der Waals surface area contributed by atoms with Crippen LogP contribution in [0.25, 0.3) is 0 Å². The van der Waals surface area contributed by atoms with E-state index in [1.165, 1.54) is 151 Å². The van der Waals surface area contributed by atoms with Crippen molar-refractivity contribution in [2.45, 2.75) is 185 Å². The van der Waals surface area contributed by atoms with Gasteiger partial charge in [-0.05, 0) is 104 Å². The first-order valence-electron chi connectivity index (χ1n) is 19.3. The van der Waals surface area contributed by atoms with Gasteiger partial charge in [0.25, 0.3) is 0 Å². The number of ether oxygens (including phenoxy) is 1. The van der Waals surface area contributed by atoms with Gasteiger partial charge in [0.1, 0.15) is 11.5 Å². The van der Waals surface area contributed by atoms with Gasteiger partial charge in [0.15, 0.2) is 0 Å². The minimum absolute atomic E-state index is 0.0498. The Morgan fingerprint density at radius 2 is 1.07 bits per heavy atom. The molecule has 1 unspecified atom stereocenters. The zero-order valence-electron chi connectivity index (χ0n) is 28.5. The van der Waals surface area contributed by atoms with E-state index in [4.69, 9.17) is 4.74 Å². The third-order valence-corrected chi connectivity index (χ3v) is 12.2. The molecule has 0 saturated heterocycles. The van der Waals surface area contributed by atoms with Crippen LogP contribution in [-0.4, -0.2) is 11.1 Å². The largest absolute Gasteiger partial charge is 0.507 e. The molecule has 3 nitrogen and oxygen atoms in total. The fourth-order valence-electron chi connectivity index (χ4n) is 9.49. The molecule has 0 aliphatic heterocycles. The van der Waals surface area contributed by atoms with Gasteiger partial charge in [-0.15, -0.1) is 0 Å². The van der Waals surface area contributed by atoms with E-state index in [0.717, 1.165) is 23.3 Å². The summed E-state index contributed by atoms with van der Waals surface area (Å²) in [6.07, 6.45) is 26.5. The number of benzene rings is 2. The molecule has 246 valence electrons. The molecule has 4 aliphatic rings. The van der Waals surface area contributed by atoms with Gasteiger partial charge >= 0.3 is 5.97 Å². The Morgan fingerprint density at radius 3 is 1.56 bits per heavy atom. The van der Waals surface area contributed by atoms with Gasteiger partial charge in [0.05, 0.1) is 0 Å². The second-order valence-corrected chi connectivity index (χ2v) is 15.4. The lowest BCUT2D eigenvalue weighted by Crippen LogP contribution is -2.17. The number of carbonyl (C=O) groups is 1. The maximum absolute atomic E-state index is 13.3. The summed E-state index contributed by atoms with van der Waals surface area (Å²) in [6, 6.07) is 9.65. The zero-order chi connectivity index (χ0) is 31.2. The number of rotatable bonds is 9. The fourth-order valence-corrected chi connectivity index (χ4v) is 9.49. The van der Waals surface area contributed by atoms with E-state index in [-0.39, 0.29) is 11.9 Å². The van der Waals surface area contributed by atoms with Crippen LogP contribution in [0.1, 0.15) is 218 Å². The third kappa shape index (κ3) is 7.65. The van der Waals surface area contributed by atoms with Gasteiger partial charge < -0.3 is 9.84 Å². The Morgan fingerprint density at radius 1 is 0.644 bits per heavy atom. The van der Waals surface area contributed by atoms with E-state index in [1.807, 2.05) is 0 Å². The predicted molar refractivity (Wildman–Crippen MR) is 186 cm³/mol. The van der Waals surface area contributed by atoms with Crippen LogP contribution in [0.2, 0.25) is 0 Å². The summed E-state index contributed by atoms with van der Waals surface area (Å²) < 4.78 is 6.47. The molecule has 2 aromatic carbocycles. The molecule has 6 rings (SSSR count). The minimum Gasteiger partial charge on any atom is -0.507 e. The standard InChI is InChI=1S/C42H60O3/c1-3-16-40(43)45-42-37(26-35(31-19-10-5-11-20-31)28-39(42)33-23-14-7-15-24-33)29(2)36-25-34(30-17-8-4-9-18-30)27-38(41(36)44)32-21-12-6-13-22-32/h25-33,44H,3-24H2,1-2H3. The van der Waals surface area contributed by atoms with Crippen LogP contribution in [0, 0.1) is 0 Å². The summed E-state index contributed by atoms with van der Waals surface area (Å²) in [5, 5.41) is 12.2. The van der Waals surface area contributed by atoms with Crippen LogP contribution in [-0.2, 0) is 4.79 Å². The molecule has 1 atom stereocenters. The first kappa shape index (κ1) is 32.6. The van der Waals surface area contributed by atoms with E-state index in [2.05, 4.69) is 38.1 Å². The van der Waals surface area contributed by atoms with Crippen molar-refractivity contribution in [2.24, 2.45) is 0 Å². The first-order chi connectivity index (χ1) is 22.0. The van der Waals surface area contributed by atoms with Crippen LogP contribution in [0.15, 0.2) is 24.3 Å². The highest BCUT2D eigenvalue weighted by molar-refractivity contribution is 5.74. The molecule has 4 aliphatic carbocycles. The SMILES string of the molecule is CCCC(=O)Oc1c(C2CCCCC2)cc(C2CCCCC2)cc1C(C)c1cc(C2CCCCC2)cc(C2CCCCC2)c1O. The van der Waals surface area contributed by atoms with Gasteiger partial charge in [-0.2, -0.15) is 0 Å². The first-order valence-corrected chi connectivity index (χ1v) is 19.3. The lowest BCUT2D eigenvalue weighted by molar-refractivity contribution is -0.134. The number of hydrogen-bond donors (Lipinski definition) is 1. The number of phenols is 1. The van der Waals surface area contributed by atoms with Gasteiger partial charge in [0.2, 0.25) is 0 Å². The Bertz CT molecular complexity index is 1270. The van der Waals surface area contributed by atoms with Gasteiger partial charge in [-0.25, -0.2) is 0 Å². The van der Waals surface area contributed by atoms with Crippen molar-refractivity contribution >= 4 is 5.97 Å². The van der Waals surface area contributed by atoms with Gasteiger partial charge in [-0.1, -0.05) is 115 Å². The number of carbonyl (C=O) groups excluding carboxylic acids is 1. The Labute approximate surface area is 273 Å². The van der Waals surface area contributed by atoms with Gasteiger partial charge in [0, 0.05) is 23.5 Å². The average molecular weight is 613 g/mol. The molecule has 4 saturated carbocycles. The van der Waals surface area contributed by atoms with E-state index in [9.17, 15) is 9.90 Å². The van der Waals surface area contributed by atoms with Gasteiger partial charge in [-0.3, -0.25) is 4.79 Å². The quantitative estimate of drug-likeness (QED) is 0.226. The smallest absolute Gasteiger partial charge is 0.311 e. The molecule has 0 spiro atoms. The molecule has 0 heterocycles. The van der Waals surface area contributed by atoms with Crippen molar-refractivity contribution in [1.29, 1.82) is 0 Å². The zero-order valence-corrected chi connectivity index (χ0v) is 28.5. The average Bonchev–Trinajstić information content (AvgIpc) is 3.10. The Balaban J connectivity index is 1.50. The molecule has 1 N–H and O–H groups in total. The summed E-state index contributed by atoms with van der Waals surface area (Å²) in [4.78, 5) is 13.3. The number of aromatic hydroxyl groups is 1. The monoisotopic (exact) mass is 612 g/mol. The highest BCUT2D eigenvalue weighted by Gasteiger charge is 2.31. The maximum Gasteiger partial charge on any atom is 0.311 e. The van der Waals surface area contributed by atoms with Crippen LogP contribution in [0.4, 0.5) is 0 Å². The second-order valence-electron chi connectivity index (χ2n) is 15.4. The summed E-state index contributed by atoms with van der Waals surface area (Å²) in [6.45, 7) is 4.34. The molecular formula is C42H60O3. The normalized spacial score (nSPS) is 21.9. The second kappa shape index (κ2) is 15.5. The van der Waals surface area contributed by atoms with E-state index < -0.39 is 0 Å². The molecule has 3 heteroatoms. The molecule has 0 amide bonds. The number of hydrogen-bond acceptors (Lipinski definition) is 3. The lowest BCUT2D eigenvalue weighted by Gasteiger charge is -2.32. The molecule has 0 bridgehead atoms. The number of phenolic OH excluding ortho intramolecular Hbond substituents is 1. The van der Waals surface area contributed by atoms with Crippen molar-refractivity contribution in [2.75, 3.05) is 0 Å². The van der Waals surface area contributed by atoms with E-state index in [1.54, 1.807) is 0 Å². The summed E-state index contributed by atoms with van der Waals surface area (Å²) in [5.74, 6) is 3.23. The van der Waals surface area contributed by atoms with Crippen molar-refractivity contribution in [1.82, 2.24) is 0 Å². The maximum atomic E-state index is 13.3. The summed E-state index contributed by atoms with van der Waals surface area (Å²) in [5.41, 5.74) is 7.55. The summed E-state index contributed by atoms with van der Waals surface area (Å²) in [7, 11) is 0. The van der Waals surface area contributed by atoms with Crippen LogP contribution < -0.4 is 4.74 Å². The third-order valence-electron chi connectivity index (χ3n) is 12.2. The molecule has 2 aromatic rings. The van der Waals surface area contributed by atoms with Crippen LogP contribution >= 0.6 is 0 Å². The fraction of sp³-hybridized carbons (Fsp3) is 0.690. The molecule has 0 radical (unpaired) electrons. The highest BCUT2D eigenvalue weighted by atomic mass is 16.5. The molecular weight excluding hydrogens is 552 g/mol. The summed E-state index contributed by atoms with van der Waals surface area (Å²) >= 11 is 0. The topological polar surface area (TPSA) is 46.5 Å². The lowest BCUT2D eigenvalue weighted by atomic mass is 9.75. The van der Waals surface area contributed by atoms with E-state index in [0.29, 0.717) is 35.8 Å². The molecule has 45 heavy (non-hydrogen) atoms. The minimum atomic E-state index is -0.114. The molecule has 0 aromatic heterocycles. The Hall–Kier alpha value is -2.29. The highest BCUT2D eigenvalue weighted by Crippen LogP contribution is 2.50. The van der Waals surface area contributed by atoms with Crippen molar-refractivity contribution < 1.29 is 14.6 Å². The Kier molecular flexibility index (Phi) is 11.3. The predicted octanol–water partition coefficient (Wildman–Crippen LogP) is 12.4. The molecule has 4 fully saturated rings. The van der Waals surface area contributed by atoms with Crippen molar-refractivity contribution in [3.05, 3.63) is 57.6 Å². The van der Waals surface area contributed by atoms with E-state index >= 15 is 0 Å². The van der Waals surface area contributed by atoms with Crippen LogP contribution in [0.3, 0.4) is 0 Å². The van der Waals surface area contributed by atoms with Crippen LogP contribution in [0.5, 0.6) is 11.5 Å². The van der Waals surface area contributed by atoms with Crippen molar-refractivity contribution in [3.63, 3.8) is 0 Å². The number of esters is 1. The van der Waals surface area contributed by atoms with Crippen molar-refractivity contribution in [3.8, 4) is 11.5 Å².